The second-order valence-corrected chi connectivity index (χ2v) is 7.43. The molecule has 1 saturated heterocycles. The molecule has 3 aromatic carbocycles. The van der Waals surface area contributed by atoms with E-state index in [9.17, 15) is 19.2 Å². The Morgan fingerprint density at radius 2 is 1.64 bits per heavy atom. The summed E-state index contributed by atoms with van der Waals surface area (Å²) >= 11 is 0. The van der Waals surface area contributed by atoms with Crippen molar-refractivity contribution in [3.05, 3.63) is 101 Å². The van der Waals surface area contributed by atoms with Gasteiger partial charge in [0.05, 0.1) is 18.7 Å². The van der Waals surface area contributed by atoms with Crippen LogP contribution in [0.3, 0.4) is 0 Å². The van der Waals surface area contributed by atoms with Gasteiger partial charge >= 0.3 is 12.0 Å². The van der Waals surface area contributed by atoms with Crippen molar-refractivity contribution < 1.29 is 23.9 Å². The van der Waals surface area contributed by atoms with Crippen molar-refractivity contribution in [3.63, 3.8) is 0 Å². The number of esters is 1. The smallest absolute Gasteiger partial charge is 0.338 e. The van der Waals surface area contributed by atoms with E-state index in [2.05, 4.69) is 10.6 Å². The molecule has 1 aliphatic rings. The lowest BCUT2D eigenvalue weighted by Gasteiger charge is -2.13. The second kappa shape index (κ2) is 9.78. The number of rotatable bonds is 7. The number of anilines is 1. The van der Waals surface area contributed by atoms with Crippen molar-refractivity contribution in [2.75, 3.05) is 11.9 Å². The first-order chi connectivity index (χ1) is 16.0. The van der Waals surface area contributed by atoms with Gasteiger partial charge in [-0.2, -0.15) is 0 Å². The summed E-state index contributed by atoms with van der Waals surface area (Å²) in [6, 6.07) is 22.1. The van der Waals surface area contributed by atoms with Crippen LogP contribution in [0.5, 0.6) is 0 Å². The van der Waals surface area contributed by atoms with E-state index in [1.165, 1.54) is 0 Å². The van der Waals surface area contributed by atoms with Gasteiger partial charge in [0, 0.05) is 11.3 Å². The third-order valence-electron chi connectivity index (χ3n) is 5.06. The molecule has 0 atom stereocenters. The number of ether oxygens (including phenoxy) is 1. The van der Waals surface area contributed by atoms with Gasteiger partial charge in [-0.15, -0.1) is 0 Å². The van der Waals surface area contributed by atoms with Gasteiger partial charge in [-0.1, -0.05) is 42.5 Å². The van der Waals surface area contributed by atoms with Crippen molar-refractivity contribution >= 4 is 29.5 Å². The molecule has 8 nitrogen and oxygen atoms in total. The van der Waals surface area contributed by atoms with Gasteiger partial charge in [0.2, 0.25) is 5.91 Å². The Labute approximate surface area is 190 Å². The summed E-state index contributed by atoms with van der Waals surface area (Å²) in [5.41, 5.74) is 2.89. The Morgan fingerprint density at radius 1 is 0.879 bits per heavy atom. The molecule has 4 amide bonds. The number of benzene rings is 3. The van der Waals surface area contributed by atoms with Crippen LogP contribution in [-0.4, -0.2) is 35.3 Å². The van der Waals surface area contributed by atoms with Gasteiger partial charge in [0.1, 0.15) is 6.61 Å². The first kappa shape index (κ1) is 21.8. The van der Waals surface area contributed by atoms with E-state index in [1.54, 1.807) is 60.7 Å². The summed E-state index contributed by atoms with van der Waals surface area (Å²) in [7, 11) is 0. The maximum Gasteiger partial charge on any atom is 0.338 e. The van der Waals surface area contributed by atoms with E-state index in [4.69, 9.17) is 4.74 Å². The minimum Gasteiger partial charge on any atom is -0.457 e. The molecule has 166 valence electrons. The van der Waals surface area contributed by atoms with Gasteiger partial charge in [0.15, 0.2) is 0 Å². The average Bonchev–Trinajstić information content (AvgIpc) is 3.15. The van der Waals surface area contributed by atoms with Crippen molar-refractivity contribution in [1.29, 1.82) is 0 Å². The lowest BCUT2D eigenvalue weighted by Crippen LogP contribution is -2.30. The molecule has 0 bridgehead atoms. The zero-order valence-corrected chi connectivity index (χ0v) is 17.6. The molecule has 8 heteroatoms. The van der Waals surface area contributed by atoms with Crippen LogP contribution in [0, 0.1) is 0 Å². The van der Waals surface area contributed by atoms with Crippen LogP contribution in [-0.2, 0) is 22.7 Å². The normalized spacial score (nSPS) is 12.9. The highest BCUT2D eigenvalue weighted by molar-refractivity contribution is 6.04. The monoisotopic (exact) mass is 443 g/mol. The second-order valence-electron chi connectivity index (χ2n) is 7.43. The number of carbonyl (C=O) groups is 4. The number of nitrogens with one attached hydrogen (secondary N) is 2. The Morgan fingerprint density at radius 3 is 2.33 bits per heavy atom. The number of imide groups is 1. The van der Waals surface area contributed by atoms with Crippen molar-refractivity contribution in [2.24, 2.45) is 0 Å². The molecule has 2 N–H and O–H groups in total. The number of urea groups is 1. The fourth-order valence-electron chi connectivity index (χ4n) is 3.30. The summed E-state index contributed by atoms with van der Waals surface area (Å²) in [6.45, 7) is 0.0994. The fraction of sp³-hybridized carbons (Fsp3) is 0.120. The van der Waals surface area contributed by atoms with Gasteiger partial charge in [-0.05, 0) is 47.5 Å². The van der Waals surface area contributed by atoms with Crippen LogP contribution in [0.15, 0.2) is 78.9 Å². The van der Waals surface area contributed by atoms with Crippen LogP contribution >= 0.6 is 0 Å². The topological polar surface area (TPSA) is 105 Å². The predicted octanol–water partition coefficient (Wildman–Crippen LogP) is 3.35. The number of hydrogen-bond donors (Lipinski definition) is 2. The number of para-hydroxylation sites is 1. The van der Waals surface area contributed by atoms with E-state index in [0.717, 1.165) is 10.5 Å². The van der Waals surface area contributed by atoms with Crippen LogP contribution in [0.4, 0.5) is 10.5 Å². The van der Waals surface area contributed by atoms with Crippen LogP contribution < -0.4 is 10.6 Å². The highest BCUT2D eigenvalue weighted by atomic mass is 16.5. The third kappa shape index (κ3) is 5.43. The van der Waals surface area contributed by atoms with Gasteiger partial charge in [0.25, 0.3) is 5.91 Å². The van der Waals surface area contributed by atoms with Crippen LogP contribution in [0.2, 0.25) is 0 Å². The molecule has 0 radical (unpaired) electrons. The molecule has 0 spiro atoms. The molecule has 33 heavy (non-hydrogen) atoms. The molecular weight excluding hydrogens is 422 g/mol. The molecular formula is C25H21N3O5. The van der Waals surface area contributed by atoms with Crippen LogP contribution in [0.25, 0.3) is 0 Å². The lowest BCUT2D eigenvalue weighted by molar-refractivity contribution is -0.125. The third-order valence-corrected chi connectivity index (χ3v) is 5.06. The number of hydrogen-bond acceptors (Lipinski definition) is 5. The Balaban J connectivity index is 1.33. The molecule has 1 fully saturated rings. The molecule has 0 unspecified atom stereocenters. The lowest BCUT2D eigenvalue weighted by atomic mass is 10.1. The minimum absolute atomic E-state index is 0.0206. The molecule has 0 saturated carbocycles. The zero-order chi connectivity index (χ0) is 23.2. The van der Waals surface area contributed by atoms with E-state index >= 15 is 0 Å². The summed E-state index contributed by atoms with van der Waals surface area (Å²) in [5, 5.41) is 5.27. The van der Waals surface area contributed by atoms with Gasteiger partial charge < -0.3 is 15.4 Å². The highest BCUT2D eigenvalue weighted by Crippen LogP contribution is 2.14. The van der Waals surface area contributed by atoms with E-state index in [0.29, 0.717) is 22.4 Å². The Hall–Kier alpha value is -4.46. The van der Waals surface area contributed by atoms with E-state index in [1.807, 2.05) is 18.2 Å². The van der Waals surface area contributed by atoms with E-state index < -0.39 is 12.0 Å². The van der Waals surface area contributed by atoms with Crippen LogP contribution in [0.1, 0.15) is 31.8 Å². The van der Waals surface area contributed by atoms with Gasteiger partial charge in [-0.25, -0.2) is 9.59 Å². The quantitative estimate of drug-likeness (QED) is 0.430. The highest BCUT2D eigenvalue weighted by Gasteiger charge is 2.28. The Kier molecular flexibility index (Phi) is 6.45. The van der Waals surface area contributed by atoms with Crippen molar-refractivity contribution in [1.82, 2.24) is 10.2 Å². The fourth-order valence-corrected chi connectivity index (χ4v) is 3.30. The summed E-state index contributed by atoms with van der Waals surface area (Å²) in [6.07, 6.45) is 0. The molecule has 4 rings (SSSR count). The molecule has 0 aliphatic carbocycles. The number of nitrogens with zero attached hydrogens (tertiary/aromatic N) is 1. The first-order valence-electron chi connectivity index (χ1n) is 10.3. The molecule has 1 heterocycles. The first-order valence-corrected chi connectivity index (χ1v) is 10.3. The van der Waals surface area contributed by atoms with Crippen molar-refractivity contribution in [2.45, 2.75) is 13.2 Å². The molecule has 1 aliphatic heterocycles. The molecule has 3 aromatic rings. The predicted molar refractivity (Wildman–Crippen MR) is 120 cm³/mol. The Bertz CT molecular complexity index is 1180. The number of amides is 4. The average molecular weight is 443 g/mol. The summed E-state index contributed by atoms with van der Waals surface area (Å²) in [5.74, 6) is -1.07. The zero-order valence-electron chi connectivity index (χ0n) is 17.6. The minimum atomic E-state index is -0.528. The standard InChI is InChI=1S/C25H21N3O5/c29-22-14-26-25(32)28(22)15-18-5-4-6-20(13-18)24(31)33-16-17-9-11-19(12-10-17)23(30)27-21-7-2-1-3-8-21/h1-13H,14-16H2,(H,26,32)(H,27,30). The summed E-state index contributed by atoms with van der Waals surface area (Å²) in [4.78, 5) is 49.3. The van der Waals surface area contributed by atoms with Gasteiger partial charge in [-0.3, -0.25) is 14.5 Å². The largest absolute Gasteiger partial charge is 0.457 e. The van der Waals surface area contributed by atoms with E-state index in [-0.39, 0.29) is 31.5 Å². The molecule has 0 aromatic heterocycles. The van der Waals surface area contributed by atoms with Crippen molar-refractivity contribution in [3.8, 4) is 0 Å². The number of carbonyl (C=O) groups excluding carboxylic acids is 4. The maximum absolute atomic E-state index is 12.5. The SMILES string of the molecule is O=C(Nc1ccccc1)c1ccc(COC(=O)c2cccc(CN3C(=O)CNC3=O)c2)cc1. The summed E-state index contributed by atoms with van der Waals surface area (Å²) < 4.78 is 5.38. The maximum atomic E-state index is 12.5.